The van der Waals surface area contributed by atoms with E-state index in [-0.39, 0.29) is 23.7 Å². The summed E-state index contributed by atoms with van der Waals surface area (Å²) in [6, 6.07) is 17.0. The summed E-state index contributed by atoms with van der Waals surface area (Å²) in [5, 5.41) is 11.2. The fourth-order valence-corrected chi connectivity index (χ4v) is 4.13. The maximum atomic E-state index is 12.4. The van der Waals surface area contributed by atoms with Gasteiger partial charge in [0.05, 0.1) is 5.92 Å². The first-order valence-corrected chi connectivity index (χ1v) is 10.8. The summed E-state index contributed by atoms with van der Waals surface area (Å²) in [6.07, 6.45) is 0.594. The van der Waals surface area contributed by atoms with Crippen molar-refractivity contribution in [3.63, 3.8) is 0 Å². The number of thioether (sulfide) groups is 1. The third-order valence-corrected chi connectivity index (χ3v) is 5.91. The Morgan fingerprint density at radius 2 is 1.93 bits per heavy atom. The van der Waals surface area contributed by atoms with E-state index in [1.165, 1.54) is 0 Å². The number of hydrogen-bond acceptors (Lipinski definition) is 6. The van der Waals surface area contributed by atoms with Crippen LogP contribution in [0, 0.1) is 0 Å². The molecule has 3 aromatic rings. The Balaban J connectivity index is 1.28. The van der Waals surface area contributed by atoms with Crippen LogP contribution in [0.1, 0.15) is 24.7 Å². The molecule has 1 unspecified atom stereocenters. The van der Waals surface area contributed by atoms with Crippen molar-refractivity contribution in [3.05, 3.63) is 65.5 Å². The molecule has 2 amide bonds. The van der Waals surface area contributed by atoms with Crippen molar-refractivity contribution >= 4 is 46.9 Å². The third kappa shape index (κ3) is 5.01. The average Bonchev–Trinajstić information content (AvgIpc) is 3.36. The van der Waals surface area contributed by atoms with Gasteiger partial charge in [0.15, 0.2) is 0 Å². The van der Waals surface area contributed by atoms with Gasteiger partial charge in [-0.1, -0.05) is 34.9 Å². The van der Waals surface area contributed by atoms with Gasteiger partial charge in [-0.3, -0.25) is 14.9 Å². The van der Waals surface area contributed by atoms with E-state index in [2.05, 4.69) is 15.5 Å². The lowest BCUT2D eigenvalue weighted by Crippen LogP contribution is -2.24. The zero-order chi connectivity index (χ0) is 20.9. The highest BCUT2D eigenvalue weighted by molar-refractivity contribution is 7.99. The second kappa shape index (κ2) is 9.32. The van der Waals surface area contributed by atoms with Crippen molar-refractivity contribution < 1.29 is 14.0 Å². The maximum Gasteiger partial charge on any atom is 0.322 e. The fourth-order valence-electron chi connectivity index (χ4n) is 3.15. The van der Waals surface area contributed by atoms with E-state index in [9.17, 15) is 9.59 Å². The lowest BCUT2D eigenvalue weighted by Gasteiger charge is -2.15. The SMILES string of the molecule is O=C(CCSc1ccc(Cl)cc1)Nc1nnc(C2CC(=O)N(c3ccccc3)C2)o1. The number of nitrogens with zero attached hydrogens (tertiary/aromatic N) is 3. The van der Waals surface area contributed by atoms with Crippen LogP contribution in [-0.4, -0.2) is 34.3 Å². The predicted molar refractivity (Wildman–Crippen MR) is 116 cm³/mol. The molecule has 0 spiro atoms. The zero-order valence-electron chi connectivity index (χ0n) is 16.0. The molecule has 0 radical (unpaired) electrons. The highest BCUT2D eigenvalue weighted by atomic mass is 35.5. The van der Waals surface area contributed by atoms with Crippen LogP contribution >= 0.6 is 23.4 Å². The topological polar surface area (TPSA) is 88.3 Å². The summed E-state index contributed by atoms with van der Waals surface area (Å²) in [6.45, 7) is 0.468. The van der Waals surface area contributed by atoms with Gasteiger partial charge in [0.25, 0.3) is 0 Å². The summed E-state index contributed by atoms with van der Waals surface area (Å²) < 4.78 is 5.59. The Labute approximate surface area is 182 Å². The third-order valence-electron chi connectivity index (χ3n) is 4.64. The number of anilines is 2. The van der Waals surface area contributed by atoms with Crippen molar-refractivity contribution in [2.24, 2.45) is 0 Å². The number of aromatic nitrogens is 2. The number of amides is 2. The van der Waals surface area contributed by atoms with E-state index in [0.29, 0.717) is 36.1 Å². The molecule has 1 fully saturated rings. The Bertz CT molecular complexity index is 1030. The van der Waals surface area contributed by atoms with Gasteiger partial charge in [-0.2, -0.15) is 0 Å². The molecule has 1 aliphatic heterocycles. The van der Waals surface area contributed by atoms with Crippen LogP contribution in [0.3, 0.4) is 0 Å². The number of carbonyl (C=O) groups is 2. The minimum absolute atomic E-state index is 0.00853. The molecule has 1 aliphatic rings. The number of benzene rings is 2. The van der Waals surface area contributed by atoms with Crippen LogP contribution < -0.4 is 10.2 Å². The van der Waals surface area contributed by atoms with Crippen LogP contribution in [0.5, 0.6) is 0 Å². The molecule has 1 atom stereocenters. The molecule has 4 rings (SSSR count). The number of halogens is 1. The van der Waals surface area contributed by atoms with Crippen molar-refractivity contribution in [3.8, 4) is 0 Å². The number of carbonyl (C=O) groups excluding carboxylic acids is 2. The standard InChI is InChI=1S/C21H19ClN4O3S/c22-15-6-8-17(9-7-15)30-11-10-18(27)23-21-25-24-20(29-21)14-12-19(28)26(13-14)16-4-2-1-3-5-16/h1-9,14H,10-13H2,(H,23,25,27). The van der Waals surface area contributed by atoms with Crippen LogP contribution in [0.4, 0.5) is 11.7 Å². The quantitative estimate of drug-likeness (QED) is 0.547. The second-order valence-corrected chi connectivity index (χ2v) is 8.39. The number of rotatable bonds is 7. The van der Waals surface area contributed by atoms with Gasteiger partial charge in [-0.05, 0) is 36.4 Å². The van der Waals surface area contributed by atoms with E-state index >= 15 is 0 Å². The van der Waals surface area contributed by atoms with Crippen molar-refractivity contribution in [1.82, 2.24) is 10.2 Å². The maximum absolute atomic E-state index is 12.4. The van der Waals surface area contributed by atoms with Gasteiger partial charge in [-0.15, -0.1) is 16.9 Å². The van der Waals surface area contributed by atoms with Crippen molar-refractivity contribution in [1.29, 1.82) is 0 Å². The monoisotopic (exact) mass is 442 g/mol. The number of para-hydroxylation sites is 1. The lowest BCUT2D eigenvalue weighted by molar-refractivity contribution is -0.117. The van der Waals surface area contributed by atoms with Crippen LogP contribution in [0.2, 0.25) is 5.02 Å². The molecule has 0 saturated carbocycles. The summed E-state index contributed by atoms with van der Waals surface area (Å²) in [7, 11) is 0. The van der Waals surface area contributed by atoms with Crippen molar-refractivity contribution in [2.75, 3.05) is 22.5 Å². The molecule has 0 aliphatic carbocycles. The fraction of sp³-hybridized carbons (Fsp3) is 0.238. The lowest BCUT2D eigenvalue weighted by atomic mass is 10.1. The van der Waals surface area contributed by atoms with Gasteiger partial charge < -0.3 is 9.32 Å². The Morgan fingerprint density at radius 3 is 2.70 bits per heavy atom. The normalized spacial score (nSPS) is 16.1. The van der Waals surface area contributed by atoms with Crippen LogP contribution in [-0.2, 0) is 9.59 Å². The smallest absolute Gasteiger partial charge is 0.322 e. The zero-order valence-corrected chi connectivity index (χ0v) is 17.5. The first-order chi connectivity index (χ1) is 14.6. The molecule has 30 heavy (non-hydrogen) atoms. The number of nitrogens with one attached hydrogen (secondary N) is 1. The van der Waals surface area contributed by atoms with Crippen LogP contribution in [0.15, 0.2) is 63.9 Å². The van der Waals surface area contributed by atoms with Gasteiger partial charge in [0.2, 0.25) is 17.7 Å². The molecule has 2 aromatic carbocycles. The largest absolute Gasteiger partial charge is 0.407 e. The summed E-state index contributed by atoms with van der Waals surface area (Å²) in [5.74, 6) is 0.565. The highest BCUT2D eigenvalue weighted by Gasteiger charge is 2.35. The molecular weight excluding hydrogens is 424 g/mol. The Kier molecular flexibility index (Phi) is 6.35. The minimum atomic E-state index is -0.208. The molecule has 1 saturated heterocycles. The van der Waals surface area contributed by atoms with E-state index < -0.39 is 0 Å². The second-order valence-electron chi connectivity index (χ2n) is 6.79. The first-order valence-electron chi connectivity index (χ1n) is 9.45. The average molecular weight is 443 g/mol. The summed E-state index contributed by atoms with van der Waals surface area (Å²) >= 11 is 7.43. The molecule has 9 heteroatoms. The van der Waals surface area contributed by atoms with Crippen LogP contribution in [0.25, 0.3) is 0 Å². The minimum Gasteiger partial charge on any atom is -0.407 e. The summed E-state index contributed by atoms with van der Waals surface area (Å²) in [5.41, 5.74) is 0.844. The Morgan fingerprint density at radius 1 is 1.17 bits per heavy atom. The van der Waals surface area contributed by atoms with Gasteiger partial charge in [0.1, 0.15) is 0 Å². The molecule has 154 valence electrons. The predicted octanol–water partition coefficient (Wildman–Crippen LogP) is 4.36. The van der Waals surface area contributed by atoms with E-state index in [1.54, 1.807) is 16.7 Å². The molecule has 1 N–H and O–H groups in total. The van der Waals surface area contributed by atoms with Gasteiger partial charge >= 0.3 is 6.01 Å². The Hall–Kier alpha value is -2.84. The van der Waals surface area contributed by atoms with Crippen molar-refractivity contribution in [2.45, 2.75) is 23.7 Å². The van der Waals surface area contributed by atoms with E-state index in [0.717, 1.165) is 10.6 Å². The first kappa shape index (κ1) is 20.4. The van der Waals surface area contributed by atoms with E-state index in [4.69, 9.17) is 16.0 Å². The molecular formula is C21H19ClN4O3S. The summed E-state index contributed by atoms with van der Waals surface area (Å²) in [4.78, 5) is 27.2. The molecule has 0 bridgehead atoms. The van der Waals surface area contributed by atoms with Gasteiger partial charge in [-0.25, -0.2) is 0 Å². The highest BCUT2D eigenvalue weighted by Crippen LogP contribution is 2.31. The molecule has 7 nitrogen and oxygen atoms in total. The number of hydrogen-bond donors (Lipinski definition) is 1. The molecule has 2 heterocycles. The van der Waals surface area contributed by atoms with Gasteiger partial charge in [0, 0.05) is 40.7 Å². The van der Waals surface area contributed by atoms with E-state index in [1.807, 2.05) is 54.6 Å². The molecule has 1 aromatic heterocycles.